The Balaban J connectivity index is 1.81. The van der Waals surface area contributed by atoms with Crippen molar-refractivity contribution in [2.75, 3.05) is 0 Å². The molecule has 0 aliphatic rings. The van der Waals surface area contributed by atoms with Crippen LogP contribution in [0.4, 0.5) is 0 Å². The standard InChI is InChI=1S/C21H24N4O3/c1-2-3-18(21(27)28)19(20-22-24-25-23-20)12-14-4-8-16(9-5-14)17-10-6-15(13-26)7-11-17/h4-11,18-19,26H,2-3,12-13H2,1H3,(H,27,28)(H,22,23,24,25)/t18-,19-/m0/s1. The van der Waals surface area contributed by atoms with Crippen LogP contribution in [0.25, 0.3) is 11.1 Å². The van der Waals surface area contributed by atoms with E-state index in [0.717, 1.165) is 28.7 Å². The summed E-state index contributed by atoms with van der Waals surface area (Å²) in [4.78, 5) is 11.8. The van der Waals surface area contributed by atoms with Gasteiger partial charge in [-0.2, -0.15) is 5.21 Å². The highest BCUT2D eigenvalue weighted by Crippen LogP contribution is 2.30. The number of nitrogens with zero attached hydrogens (tertiary/aromatic N) is 3. The van der Waals surface area contributed by atoms with Crippen LogP contribution in [0, 0.1) is 5.92 Å². The lowest BCUT2D eigenvalue weighted by Gasteiger charge is -2.21. The lowest BCUT2D eigenvalue weighted by molar-refractivity contribution is -0.142. The smallest absolute Gasteiger partial charge is 0.307 e. The van der Waals surface area contributed by atoms with Crippen LogP contribution in [0.15, 0.2) is 48.5 Å². The number of tetrazole rings is 1. The molecule has 28 heavy (non-hydrogen) atoms. The van der Waals surface area contributed by atoms with E-state index in [4.69, 9.17) is 5.11 Å². The highest BCUT2D eigenvalue weighted by Gasteiger charge is 2.31. The molecule has 3 N–H and O–H groups in total. The second kappa shape index (κ2) is 9.23. The number of hydrogen-bond acceptors (Lipinski definition) is 5. The van der Waals surface area contributed by atoms with E-state index in [1.165, 1.54) is 0 Å². The monoisotopic (exact) mass is 380 g/mol. The molecule has 0 aliphatic carbocycles. The van der Waals surface area contributed by atoms with Crippen LogP contribution in [0.2, 0.25) is 0 Å². The molecule has 0 aliphatic heterocycles. The Morgan fingerprint density at radius 2 is 1.64 bits per heavy atom. The molecule has 2 aromatic carbocycles. The number of carbonyl (C=O) groups is 1. The number of carboxylic acids is 1. The molecule has 0 amide bonds. The maximum absolute atomic E-state index is 11.8. The summed E-state index contributed by atoms with van der Waals surface area (Å²) in [5.74, 6) is -1.30. The predicted octanol–water partition coefficient (Wildman–Crippen LogP) is 3.19. The maximum Gasteiger partial charge on any atom is 0.307 e. The third-order valence-electron chi connectivity index (χ3n) is 4.98. The van der Waals surface area contributed by atoms with E-state index in [1.807, 2.05) is 55.5 Å². The molecular weight excluding hydrogens is 356 g/mol. The van der Waals surface area contributed by atoms with E-state index in [9.17, 15) is 9.90 Å². The van der Waals surface area contributed by atoms with Gasteiger partial charge in [-0.25, -0.2) is 0 Å². The average molecular weight is 380 g/mol. The van der Waals surface area contributed by atoms with Gasteiger partial charge in [0.1, 0.15) is 0 Å². The Bertz CT molecular complexity index is 877. The van der Waals surface area contributed by atoms with Crippen LogP contribution in [-0.2, 0) is 17.8 Å². The number of aliphatic hydroxyl groups excluding tert-OH is 1. The molecule has 146 valence electrons. The van der Waals surface area contributed by atoms with E-state index >= 15 is 0 Å². The molecule has 3 aromatic rings. The fourth-order valence-corrected chi connectivity index (χ4v) is 3.44. The SMILES string of the molecule is CCC[C@H](C(=O)O)[C@H](Cc1ccc(-c2ccc(CO)cc2)cc1)c1nn[nH]n1. The zero-order valence-electron chi connectivity index (χ0n) is 15.7. The van der Waals surface area contributed by atoms with E-state index in [2.05, 4.69) is 20.6 Å². The molecule has 7 nitrogen and oxygen atoms in total. The van der Waals surface area contributed by atoms with Gasteiger partial charge in [0.2, 0.25) is 0 Å². The second-order valence-electron chi connectivity index (χ2n) is 6.87. The molecule has 0 saturated carbocycles. The van der Waals surface area contributed by atoms with Crippen molar-refractivity contribution < 1.29 is 15.0 Å². The number of rotatable bonds is 9. The molecule has 0 fully saturated rings. The molecule has 0 bridgehead atoms. The molecule has 0 radical (unpaired) electrons. The van der Waals surface area contributed by atoms with Gasteiger partial charge >= 0.3 is 5.97 Å². The number of benzene rings is 2. The summed E-state index contributed by atoms with van der Waals surface area (Å²) in [6, 6.07) is 15.8. The number of H-pyrrole nitrogens is 1. The molecular formula is C21H24N4O3. The minimum absolute atomic E-state index is 0.0270. The maximum atomic E-state index is 11.8. The third-order valence-corrected chi connectivity index (χ3v) is 4.98. The quantitative estimate of drug-likeness (QED) is 0.526. The van der Waals surface area contributed by atoms with Gasteiger partial charge in [0.15, 0.2) is 5.82 Å². The molecule has 1 heterocycles. The van der Waals surface area contributed by atoms with Gasteiger partial charge in [0.05, 0.1) is 12.5 Å². The Morgan fingerprint density at radius 1 is 1.04 bits per heavy atom. The number of aromatic nitrogens is 4. The number of aromatic amines is 1. The van der Waals surface area contributed by atoms with E-state index < -0.39 is 11.9 Å². The van der Waals surface area contributed by atoms with Crippen LogP contribution in [0.1, 0.15) is 42.6 Å². The molecule has 0 spiro atoms. The average Bonchev–Trinajstić information content (AvgIpc) is 3.25. The highest BCUT2D eigenvalue weighted by molar-refractivity contribution is 5.71. The Hall–Kier alpha value is -3.06. The molecule has 0 unspecified atom stereocenters. The first kappa shape index (κ1) is 19.7. The summed E-state index contributed by atoms with van der Waals surface area (Å²) in [7, 11) is 0. The first-order valence-corrected chi connectivity index (χ1v) is 9.37. The highest BCUT2D eigenvalue weighted by atomic mass is 16.4. The van der Waals surface area contributed by atoms with Gasteiger partial charge in [0, 0.05) is 5.92 Å². The van der Waals surface area contributed by atoms with Crippen LogP contribution in [0.3, 0.4) is 0 Å². The number of carboxylic acid groups (broad SMARTS) is 1. The van der Waals surface area contributed by atoms with Gasteiger partial charge < -0.3 is 10.2 Å². The minimum atomic E-state index is -0.836. The summed E-state index contributed by atoms with van der Waals surface area (Å²) < 4.78 is 0. The van der Waals surface area contributed by atoms with Crippen molar-refractivity contribution in [2.45, 2.75) is 38.7 Å². The molecule has 1 aromatic heterocycles. The zero-order chi connectivity index (χ0) is 19.9. The summed E-state index contributed by atoms with van der Waals surface area (Å²) in [5, 5.41) is 33.0. The third kappa shape index (κ3) is 4.61. The van der Waals surface area contributed by atoms with E-state index in [-0.39, 0.29) is 12.5 Å². The van der Waals surface area contributed by atoms with Crippen molar-refractivity contribution in [3.05, 3.63) is 65.5 Å². The Morgan fingerprint density at radius 3 is 2.11 bits per heavy atom. The number of hydrogen-bond donors (Lipinski definition) is 3. The number of aliphatic hydroxyl groups is 1. The van der Waals surface area contributed by atoms with Crippen molar-refractivity contribution in [3.8, 4) is 11.1 Å². The molecule has 7 heteroatoms. The Kier molecular flexibility index (Phi) is 6.49. The van der Waals surface area contributed by atoms with Crippen LogP contribution < -0.4 is 0 Å². The van der Waals surface area contributed by atoms with Crippen LogP contribution >= 0.6 is 0 Å². The number of aliphatic carboxylic acids is 1. The van der Waals surface area contributed by atoms with Crippen molar-refractivity contribution in [1.29, 1.82) is 0 Å². The van der Waals surface area contributed by atoms with Crippen molar-refractivity contribution in [1.82, 2.24) is 20.6 Å². The lowest BCUT2D eigenvalue weighted by atomic mass is 9.83. The summed E-state index contributed by atoms with van der Waals surface area (Å²) >= 11 is 0. The summed E-state index contributed by atoms with van der Waals surface area (Å²) in [6.07, 6.45) is 1.86. The second-order valence-corrected chi connectivity index (χ2v) is 6.87. The van der Waals surface area contributed by atoms with Gasteiger partial charge in [-0.1, -0.05) is 67.1 Å². The molecule has 3 rings (SSSR count). The van der Waals surface area contributed by atoms with Gasteiger partial charge in [-0.05, 0) is 35.1 Å². The van der Waals surface area contributed by atoms with Gasteiger partial charge in [-0.3, -0.25) is 4.79 Å². The largest absolute Gasteiger partial charge is 0.481 e. The van der Waals surface area contributed by atoms with Crippen molar-refractivity contribution >= 4 is 5.97 Å². The van der Waals surface area contributed by atoms with E-state index in [0.29, 0.717) is 18.7 Å². The topological polar surface area (TPSA) is 112 Å². The van der Waals surface area contributed by atoms with Crippen LogP contribution in [0.5, 0.6) is 0 Å². The normalized spacial score (nSPS) is 13.2. The van der Waals surface area contributed by atoms with Crippen molar-refractivity contribution in [2.24, 2.45) is 5.92 Å². The summed E-state index contributed by atoms with van der Waals surface area (Å²) in [5.41, 5.74) is 4.02. The van der Waals surface area contributed by atoms with Crippen molar-refractivity contribution in [3.63, 3.8) is 0 Å². The molecule has 2 atom stereocenters. The van der Waals surface area contributed by atoms with Gasteiger partial charge in [0.25, 0.3) is 0 Å². The van der Waals surface area contributed by atoms with Gasteiger partial charge in [-0.15, -0.1) is 10.2 Å². The lowest BCUT2D eigenvalue weighted by Crippen LogP contribution is -2.25. The number of nitrogens with one attached hydrogen (secondary N) is 1. The fraction of sp³-hybridized carbons (Fsp3) is 0.333. The molecule has 0 saturated heterocycles. The van der Waals surface area contributed by atoms with E-state index in [1.54, 1.807) is 0 Å². The zero-order valence-corrected chi connectivity index (χ0v) is 15.7. The van der Waals surface area contributed by atoms with Crippen LogP contribution in [-0.4, -0.2) is 36.8 Å². The first-order chi connectivity index (χ1) is 13.6. The first-order valence-electron chi connectivity index (χ1n) is 9.37. The fourth-order valence-electron chi connectivity index (χ4n) is 3.44. The predicted molar refractivity (Wildman–Crippen MR) is 104 cm³/mol. The minimum Gasteiger partial charge on any atom is -0.481 e. The Labute approximate surface area is 163 Å². The summed E-state index contributed by atoms with van der Waals surface area (Å²) in [6.45, 7) is 2.00.